The second-order valence-electron chi connectivity index (χ2n) is 7.30. The molecule has 0 saturated carbocycles. The zero-order chi connectivity index (χ0) is 17.3. The Morgan fingerprint density at radius 1 is 0.815 bits per heavy atom. The first kappa shape index (κ1) is 18.1. The molecule has 0 radical (unpaired) electrons. The number of fused-ring (bicyclic) bond motifs is 1. The van der Waals surface area contributed by atoms with E-state index in [1.165, 1.54) is 22.5 Å². The zero-order valence-corrected chi connectivity index (χ0v) is 16.0. The van der Waals surface area contributed by atoms with E-state index in [1.807, 2.05) is 24.7 Å². The Balaban J connectivity index is 0.00000180. The van der Waals surface area contributed by atoms with Crippen LogP contribution in [0.25, 0.3) is 10.9 Å². The molecular weight excluding hydrogens is 358 g/mol. The molecular formula is C21H24ClN5. The Kier molecular flexibility index (Phi) is 5.23. The monoisotopic (exact) mass is 381 g/mol. The predicted octanol–water partition coefficient (Wildman–Crippen LogP) is 3.52. The Morgan fingerprint density at radius 2 is 1.56 bits per heavy atom. The summed E-state index contributed by atoms with van der Waals surface area (Å²) >= 11 is 0. The largest absolute Gasteiger partial charge is 0.370 e. The van der Waals surface area contributed by atoms with E-state index in [9.17, 15) is 0 Å². The Hall–Kier alpha value is -2.24. The molecule has 0 bridgehead atoms. The molecule has 2 aromatic heterocycles. The van der Waals surface area contributed by atoms with E-state index >= 15 is 0 Å². The molecule has 1 N–H and O–H groups in total. The van der Waals surface area contributed by atoms with Gasteiger partial charge in [0.2, 0.25) is 0 Å². The van der Waals surface area contributed by atoms with Gasteiger partial charge in [-0.15, -0.1) is 12.4 Å². The number of anilines is 1. The third-order valence-electron chi connectivity index (χ3n) is 5.71. The highest BCUT2D eigenvalue weighted by Gasteiger charge is 2.34. The van der Waals surface area contributed by atoms with E-state index < -0.39 is 0 Å². The van der Waals surface area contributed by atoms with E-state index in [1.54, 1.807) is 0 Å². The van der Waals surface area contributed by atoms with Gasteiger partial charge in [-0.3, -0.25) is 15.0 Å². The summed E-state index contributed by atoms with van der Waals surface area (Å²) < 4.78 is 0. The molecule has 5 rings (SSSR count). The van der Waals surface area contributed by atoms with Crippen LogP contribution in [0.5, 0.6) is 0 Å². The first-order valence-electron chi connectivity index (χ1n) is 9.50. The summed E-state index contributed by atoms with van der Waals surface area (Å²) in [5, 5.41) is 4.67. The van der Waals surface area contributed by atoms with Crippen LogP contribution in [0, 0.1) is 0 Å². The fourth-order valence-corrected chi connectivity index (χ4v) is 4.30. The summed E-state index contributed by atoms with van der Waals surface area (Å²) in [5.74, 6) is 1.02. The molecule has 6 heteroatoms. The number of nitrogens with zero attached hydrogens (tertiary/aromatic N) is 4. The van der Waals surface area contributed by atoms with Crippen LogP contribution in [-0.4, -0.2) is 41.1 Å². The first-order valence-corrected chi connectivity index (χ1v) is 9.50. The van der Waals surface area contributed by atoms with E-state index in [0.717, 1.165) is 44.5 Å². The molecule has 0 aliphatic carbocycles. The minimum Gasteiger partial charge on any atom is -0.370 e. The van der Waals surface area contributed by atoms with Gasteiger partial charge >= 0.3 is 0 Å². The van der Waals surface area contributed by atoms with Crippen molar-refractivity contribution in [2.24, 2.45) is 0 Å². The first-order chi connectivity index (χ1) is 12.9. The van der Waals surface area contributed by atoms with E-state index in [2.05, 4.69) is 39.5 Å². The molecule has 0 amide bonds. The van der Waals surface area contributed by atoms with Crippen LogP contribution in [0.4, 0.5) is 5.69 Å². The van der Waals surface area contributed by atoms with Crippen molar-refractivity contribution in [1.29, 1.82) is 0 Å². The molecule has 2 saturated heterocycles. The van der Waals surface area contributed by atoms with Gasteiger partial charge in [-0.1, -0.05) is 6.07 Å². The third kappa shape index (κ3) is 3.37. The van der Waals surface area contributed by atoms with Gasteiger partial charge in [-0.05, 0) is 50.2 Å². The smallest absolute Gasteiger partial charge is 0.0722 e. The molecule has 1 aromatic carbocycles. The van der Waals surface area contributed by atoms with Gasteiger partial charge in [0.25, 0.3) is 0 Å². The summed E-state index contributed by atoms with van der Waals surface area (Å²) in [7, 11) is 0. The summed E-state index contributed by atoms with van der Waals surface area (Å²) in [6.45, 7) is 4.18. The molecule has 2 fully saturated rings. The van der Waals surface area contributed by atoms with Crippen molar-refractivity contribution in [3.8, 4) is 0 Å². The summed E-state index contributed by atoms with van der Waals surface area (Å²) in [6.07, 6.45) is 7.89. The predicted molar refractivity (Wildman–Crippen MR) is 111 cm³/mol. The zero-order valence-electron chi connectivity index (χ0n) is 15.2. The normalized spacial score (nSPS) is 18.1. The highest BCUT2D eigenvalue weighted by Crippen LogP contribution is 2.37. The maximum atomic E-state index is 4.74. The highest BCUT2D eigenvalue weighted by atomic mass is 35.5. The molecule has 0 atom stereocenters. The van der Waals surface area contributed by atoms with E-state index in [-0.39, 0.29) is 12.4 Å². The summed E-state index contributed by atoms with van der Waals surface area (Å²) in [5.41, 5.74) is 4.79. The van der Waals surface area contributed by atoms with Crippen LogP contribution in [-0.2, 0) is 0 Å². The molecule has 0 unspecified atom stereocenters. The van der Waals surface area contributed by atoms with Crippen molar-refractivity contribution in [3.63, 3.8) is 0 Å². The van der Waals surface area contributed by atoms with Gasteiger partial charge in [0, 0.05) is 54.6 Å². The lowest BCUT2D eigenvalue weighted by Gasteiger charge is -2.42. The molecule has 2 aliphatic rings. The SMILES string of the molecule is Cl.c1cc(N2CC(c3nccnc3C3CCNCC3)C2)c2cccnc2c1. The maximum Gasteiger partial charge on any atom is 0.0722 e. The number of aromatic nitrogens is 3. The molecule has 4 heterocycles. The van der Waals surface area contributed by atoms with Gasteiger partial charge in [0.1, 0.15) is 0 Å². The Labute approximate surface area is 165 Å². The number of pyridine rings is 1. The van der Waals surface area contributed by atoms with Crippen molar-refractivity contribution in [2.45, 2.75) is 24.7 Å². The average Bonchev–Trinajstić information content (AvgIpc) is 2.68. The van der Waals surface area contributed by atoms with Gasteiger partial charge in [-0.25, -0.2) is 0 Å². The van der Waals surface area contributed by atoms with Crippen molar-refractivity contribution in [3.05, 3.63) is 60.3 Å². The van der Waals surface area contributed by atoms with Crippen LogP contribution in [0.15, 0.2) is 48.9 Å². The maximum absolute atomic E-state index is 4.74. The molecule has 0 spiro atoms. The summed E-state index contributed by atoms with van der Waals surface area (Å²) in [4.78, 5) is 16.4. The fraction of sp³-hybridized carbons (Fsp3) is 0.381. The fourth-order valence-electron chi connectivity index (χ4n) is 4.30. The van der Waals surface area contributed by atoms with Gasteiger partial charge < -0.3 is 10.2 Å². The van der Waals surface area contributed by atoms with Gasteiger partial charge in [-0.2, -0.15) is 0 Å². The highest BCUT2D eigenvalue weighted by molar-refractivity contribution is 5.92. The number of hydrogen-bond donors (Lipinski definition) is 1. The second kappa shape index (κ2) is 7.79. The lowest BCUT2D eigenvalue weighted by molar-refractivity contribution is 0.436. The molecule has 2 aliphatic heterocycles. The van der Waals surface area contributed by atoms with Crippen LogP contribution in [0.1, 0.15) is 36.1 Å². The number of rotatable bonds is 3. The van der Waals surface area contributed by atoms with Crippen LogP contribution >= 0.6 is 12.4 Å². The lowest BCUT2D eigenvalue weighted by Crippen LogP contribution is -2.46. The van der Waals surface area contributed by atoms with Gasteiger partial charge in [0.15, 0.2) is 0 Å². The van der Waals surface area contributed by atoms with Gasteiger partial charge in [0.05, 0.1) is 16.9 Å². The average molecular weight is 382 g/mol. The van der Waals surface area contributed by atoms with Crippen LogP contribution in [0.3, 0.4) is 0 Å². The third-order valence-corrected chi connectivity index (χ3v) is 5.71. The summed E-state index contributed by atoms with van der Waals surface area (Å²) in [6, 6.07) is 10.5. The number of halogens is 1. The molecule has 5 nitrogen and oxygen atoms in total. The van der Waals surface area contributed by atoms with Crippen LogP contribution < -0.4 is 10.2 Å². The van der Waals surface area contributed by atoms with Crippen molar-refractivity contribution in [1.82, 2.24) is 20.3 Å². The number of hydrogen-bond acceptors (Lipinski definition) is 5. The van der Waals surface area contributed by atoms with E-state index in [0.29, 0.717) is 11.8 Å². The molecule has 140 valence electrons. The number of benzene rings is 1. The Bertz CT molecular complexity index is 914. The second-order valence-corrected chi connectivity index (χ2v) is 7.30. The minimum absolute atomic E-state index is 0. The van der Waals surface area contributed by atoms with E-state index in [4.69, 9.17) is 9.97 Å². The topological polar surface area (TPSA) is 53.9 Å². The van der Waals surface area contributed by atoms with Crippen LogP contribution in [0.2, 0.25) is 0 Å². The van der Waals surface area contributed by atoms with Crippen molar-refractivity contribution < 1.29 is 0 Å². The Morgan fingerprint density at radius 3 is 2.33 bits per heavy atom. The standard InChI is InChI=1S/C21H23N5.ClH/c1-4-18-17(3-2-8-23-18)19(5-1)26-13-16(14-26)21-20(24-11-12-25-21)15-6-9-22-10-7-15;/h1-5,8,11-12,15-16,22H,6-7,9-10,13-14H2;1H. The van der Waals surface area contributed by atoms with Crippen molar-refractivity contribution in [2.75, 3.05) is 31.1 Å². The number of nitrogens with one attached hydrogen (secondary N) is 1. The minimum atomic E-state index is 0. The van der Waals surface area contributed by atoms with Crippen molar-refractivity contribution >= 4 is 29.0 Å². The lowest BCUT2D eigenvalue weighted by atomic mass is 9.86. The quantitative estimate of drug-likeness (QED) is 0.752. The molecule has 3 aromatic rings. The number of piperidine rings is 1. The molecule has 27 heavy (non-hydrogen) atoms.